The molecular formula is C3H9NO4. The summed E-state index contributed by atoms with van der Waals surface area (Å²) < 4.78 is 0. The minimum atomic E-state index is -1.68. The first-order valence-electron chi connectivity index (χ1n) is 2.08. The fraction of sp³-hybridized carbons (Fsp3) is 1.00. The Hall–Kier alpha value is -0.200. The molecule has 0 rings (SSSR count). The number of aliphatic hydroxyl groups excluding tert-OH is 2. The highest BCUT2D eigenvalue weighted by Gasteiger charge is 1.98. The van der Waals surface area contributed by atoms with Crippen LogP contribution in [0.5, 0.6) is 0 Å². The predicted molar refractivity (Wildman–Crippen MR) is 24.5 cm³/mol. The van der Waals surface area contributed by atoms with E-state index in [-0.39, 0.29) is 6.54 Å². The van der Waals surface area contributed by atoms with Crippen LogP contribution >= 0.6 is 0 Å². The van der Waals surface area contributed by atoms with Crippen molar-refractivity contribution in [2.75, 3.05) is 6.54 Å². The maximum atomic E-state index is 8.07. The Balaban J connectivity index is 2.93. The molecule has 0 heterocycles. The summed E-state index contributed by atoms with van der Waals surface area (Å²) in [5.74, 6) is 0. The molecule has 0 fully saturated rings. The number of hydrogen-bond acceptors (Lipinski definition) is 5. The predicted octanol–water partition coefficient (Wildman–Crippen LogP) is -2.85. The molecule has 0 unspecified atom stereocenters. The summed E-state index contributed by atoms with van der Waals surface area (Å²) >= 11 is 0. The maximum Gasteiger partial charge on any atom is 0.211 e. The largest absolute Gasteiger partial charge is 0.367 e. The Morgan fingerprint density at radius 2 is 1.62 bits per heavy atom. The van der Waals surface area contributed by atoms with Crippen LogP contribution in [0.3, 0.4) is 0 Å². The summed E-state index contributed by atoms with van der Waals surface area (Å²) in [4.78, 5) is 0. The lowest BCUT2D eigenvalue weighted by atomic mass is 10.6. The van der Waals surface area contributed by atoms with Crippen molar-refractivity contribution in [3.05, 3.63) is 0 Å². The average Bonchev–Trinajstić information content (AvgIpc) is 1.61. The van der Waals surface area contributed by atoms with Crippen molar-refractivity contribution in [3.63, 3.8) is 0 Å². The quantitative estimate of drug-likeness (QED) is 0.261. The van der Waals surface area contributed by atoms with Crippen LogP contribution in [-0.2, 0) is 0 Å². The van der Waals surface area contributed by atoms with E-state index >= 15 is 0 Å². The molecule has 5 heteroatoms. The van der Waals surface area contributed by atoms with Gasteiger partial charge in [0.05, 0.1) is 6.54 Å². The number of rotatable bonds is 3. The van der Waals surface area contributed by atoms with E-state index in [0.29, 0.717) is 0 Å². The van der Waals surface area contributed by atoms with Crippen LogP contribution in [-0.4, -0.2) is 39.7 Å². The fourth-order valence-corrected chi connectivity index (χ4v) is 0.211. The van der Waals surface area contributed by atoms with E-state index in [1.165, 1.54) is 0 Å². The van der Waals surface area contributed by atoms with E-state index in [0.717, 1.165) is 0 Å². The second kappa shape index (κ2) is 3.76. The molecule has 0 aromatic carbocycles. The number of hydrogen-bond donors (Lipinski definition) is 5. The zero-order chi connectivity index (χ0) is 6.57. The van der Waals surface area contributed by atoms with Crippen LogP contribution in [0.2, 0.25) is 0 Å². The molecule has 0 bridgehead atoms. The zero-order valence-corrected chi connectivity index (χ0v) is 4.15. The molecule has 0 radical (unpaired) electrons. The van der Waals surface area contributed by atoms with Gasteiger partial charge in [0.25, 0.3) is 0 Å². The zero-order valence-electron chi connectivity index (χ0n) is 4.15. The second-order valence-electron chi connectivity index (χ2n) is 1.26. The van der Waals surface area contributed by atoms with E-state index < -0.39 is 12.7 Å². The summed E-state index contributed by atoms with van der Waals surface area (Å²) in [6.45, 7) is -0.252. The lowest BCUT2D eigenvalue weighted by Gasteiger charge is -2.06. The molecule has 0 aromatic heterocycles. The Morgan fingerprint density at radius 3 is 1.75 bits per heavy atom. The summed E-state index contributed by atoms with van der Waals surface area (Å²) in [5.41, 5.74) is 0. The topological polar surface area (TPSA) is 93.0 Å². The van der Waals surface area contributed by atoms with Crippen LogP contribution in [0, 0.1) is 0 Å². The van der Waals surface area contributed by atoms with E-state index in [4.69, 9.17) is 20.4 Å². The van der Waals surface area contributed by atoms with Gasteiger partial charge < -0.3 is 20.4 Å². The van der Waals surface area contributed by atoms with E-state index in [1.54, 1.807) is 0 Å². The standard InChI is InChI=1S/C3H9NO4/c5-2(6)1-4-3(7)8/h2-8H,1H2. The molecule has 0 aliphatic carbocycles. The van der Waals surface area contributed by atoms with Gasteiger partial charge in [-0.25, -0.2) is 0 Å². The van der Waals surface area contributed by atoms with Crippen LogP contribution in [0.15, 0.2) is 0 Å². The van der Waals surface area contributed by atoms with Crippen LogP contribution in [0.25, 0.3) is 0 Å². The van der Waals surface area contributed by atoms with Gasteiger partial charge >= 0.3 is 0 Å². The molecule has 50 valence electrons. The van der Waals surface area contributed by atoms with Gasteiger partial charge in [0.1, 0.15) is 0 Å². The van der Waals surface area contributed by atoms with Gasteiger partial charge in [0, 0.05) is 0 Å². The first kappa shape index (κ1) is 7.80. The highest BCUT2D eigenvalue weighted by molar-refractivity contribution is 4.41. The van der Waals surface area contributed by atoms with Crippen LogP contribution in [0.4, 0.5) is 0 Å². The van der Waals surface area contributed by atoms with E-state index in [2.05, 4.69) is 0 Å². The maximum absolute atomic E-state index is 8.07. The Kier molecular flexibility index (Phi) is 3.67. The lowest BCUT2D eigenvalue weighted by molar-refractivity contribution is -0.0970. The first-order chi connectivity index (χ1) is 3.63. The SMILES string of the molecule is OC(O)CNC(O)O. The molecule has 0 spiro atoms. The molecule has 8 heavy (non-hydrogen) atoms. The molecule has 5 nitrogen and oxygen atoms in total. The van der Waals surface area contributed by atoms with E-state index in [9.17, 15) is 0 Å². The smallest absolute Gasteiger partial charge is 0.211 e. The molecule has 0 saturated carbocycles. The van der Waals surface area contributed by atoms with Crippen molar-refractivity contribution in [2.45, 2.75) is 12.7 Å². The van der Waals surface area contributed by atoms with Gasteiger partial charge in [0.15, 0.2) is 6.29 Å². The third-order valence-corrected chi connectivity index (χ3v) is 0.483. The lowest BCUT2D eigenvalue weighted by Crippen LogP contribution is -2.34. The Morgan fingerprint density at radius 1 is 1.12 bits per heavy atom. The minimum absolute atomic E-state index is 0.252. The van der Waals surface area contributed by atoms with Crippen molar-refractivity contribution in [2.24, 2.45) is 0 Å². The van der Waals surface area contributed by atoms with Gasteiger partial charge in [-0.05, 0) is 0 Å². The van der Waals surface area contributed by atoms with Crippen molar-refractivity contribution in [1.29, 1.82) is 0 Å². The number of nitrogens with one attached hydrogen (secondary N) is 1. The fourth-order valence-electron chi connectivity index (χ4n) is 0.211. The van der Waals surface area contributed by atoms with Gasteiger partial charge in [-0.15, -0.1) is 0 Å². The molecule has 0 atom stereocenters. The monoisotopic (exact) mass is 123 g/mol. The Bertz CT molecular complexity index is 47.2. The van der Waals surface area contributed by atoms with Crippen molar-refractivity contribution in [3.8, 4) is 0 Å². The average molecular weight is 123 g/mol. The second-order valence-corrected chi connectivity index (χ2v) is 1.26. The van der Waals surface area contributed by atoms with Crippen LogP contribution in [0.1, 0.15) is 0 Å². The number of aliphatic hydroxyl groups is 4. The summed E-state index contributed by atoms with van der Waals surface area (Å²) in [7, 11) is 0. The normalized spacial score (nSPS) is 11.2. The highest BCUT2D eigenvalue weighted by Crippen LogP contribution is 1.70. The summed E-state index contributed by atoms with van der Waals surface area (Å²) in [6.07, 6.45) is -3.23. The molecular weight excluding hydrogens is 114 g/mol. The third-order valence-electron chi connectivity index (χ3n) is 0.483. The van der Waals surface area contributed by atoms with Crippen molar-refractivity contribution < 1.29 is 20.4 Å². The van der Waals surface area contributed by atoms with Gasteiger partial charge in [0.2, 0.25) is 6.41 Å². The minimum Gasteiger partial charge on any atom is -0.367 e. The molecule has 0 saturated heterocycles. The van der Waals surface area contributed by atoms with Gasteiger partial charge in [-0.3, -0.25) is 5.32 Å². The first-order valence-corrected chi connectivity index (χ1v) is 2.08. The third kappa shape index (κ3) is 5.80. The summed E-state index contributed by atoms with van der Waals surface area (Å²) in [5, 5.41) is 34.1. The highest BCUT2D eigenvalue weighted by atomic mass is 16.5. The van der Waals surface area contributed by atoms with Crippen LogP contribution < -0.4 is 5.32 Å². The summed E-state index contributed by atoms with van der Waals surface area (Å²) in [6, 6.07) is 0. The molecule has 5 N–H and O–H groups in total. The van der Waals surface area contributed by atoms with Crippen molar-refractivity contribution >= 4 is 0 Å². The molecule has 0 aromatic rings. The van der Waals surface area contributed by atoms with Crippen molar-refractivity contribution in [1.82, 2.24) is 5.32 Å². The molecule has 0 amide bonds. The van der Waals surface area contributed by atoms with Gasteiger partial charge in [-0.1, -0.05) is 0 Å². The molecule has 0 aliphatic heterocycles. The van der Waals surface area contributed by atoms with Gasteiger partial charge in [-0.2, -0.15) is 0 Å². The van der Waals surface area contributed by atoms with E-state index in [1.807, 2.05) is 5.32 Å². The Labute approximate surface area is 46.2 Å². The molecule has 0 aliphatic rings.